The number of ether oxygens (including phenoxy) is 1. The summed E-state index contributed by atoms with van der Waals surface area (Å²) in [7, 11) is 1.82. The lowest BCUT2D eigenvalue weighted by Gasteiger charge is -2.17. The van der Waals surface area contributed by atoms with E-state index in [0.29, 0.717) is 0 Å². The van der Waals surface area contributed by atoms with Crippen molar-refractivity contribution in [2.75, 3.05) is 20.2 Å². The third-order valence-electron chi connectivity index (χ3n) is 2.72. The van der Waals surface area contributed by atoms with Gasteiger partial charge in [0.25, 0.3) is 5.91 Å². The van der Waals surface area contributed by atoms with E-state index >= 15 is 0 Å². The number of hydrogen-bond acceptors (Lipinski definition) is 2. The highest BCUT2D eigenvalue weighted by Gasteiger charge is 2.09. The van der Waals surface area contributed by atoms with Crippen molar-refractivity contribution >= 4 is 5.91 Å². The molecule has 0 aliphatic carbocycles. The first-order chi connectivity index (χ1) is 8.15. The minimum absolute atomic E-state index is 0.0294. The fourth-order valence-electron chi connectivity index (χ4n) is 1.49. The summed E-state index contributed by atoms with van der Waals surface area (Å²) in [5.41, 5.74) is 1.05. The third kappa shape index (κ3) is 4.47. The molecule has 0 heterocycles. The number of para-hydroxylation sites is 1. The monoisotopic (exact) mass is 235 g/mol. The molecule has 0 saturated heterocycles. The molecule has 0 bridgehead atoms. The number of carbonyl (C=O) groups is 1. The highest BCUT2D eigenvalue weighted by Crippen LogP contribution is 2.15. The summed E-state index contributed by atoms with van der Waals surface area (Å²) in [6.07, 6.45) is 2.13. The van der Waals surface area contributed by atoms with Crippen LogP contribution in [0.2, 0.25) is 0 Å². The van der Waals surface area contributed by atoms with Gasteiger partial charge in [-0.2, -0.15) is 0 Å². The molecule has 0 radical (unpaired) electrons. The zero-order valence-electron chi connectivity index (χ0n) is 10.9. The van der Waals surface area contributed by atoms with E-state index in [-0.39, 0.29) is 12.5 Å². The number of unbranched alkanes of at least 4 members (excludes halogenated alkanes) is 1. The van der Waals surface area contributed by atoms with Crippen LogP contribution in [0.15, 0.2) is 24.3 Å². The molecule has 0 N–H and O–H groups in total. The number of likely N-dealkylation sites (N-methyl/N-ethyl adjacent to an activating group) is 1. The van der Waals surface area contributed by atoms with Crippen LogP contribution in [0.1, 0.15) is 25.3 Å². The number of hydrogen-bond donors (Lipinski definition) is 0. The topological polar surface area (TPSA) is 29.5 Å². The first-order valence-corrected chi connectivity index (χ1v) is 6.07. The molecule has 0 aromatic heterocycles. The first kappa shape index (κ1) is 13.6. The van der Waals surface area contributed by atoms with Crippen LogP contribution in [0.5, 0.6) is 5.75 Å². The van der Waals surface area contributed by atoms with Gasteiger partial charge in [-0.05, 0) is 25.0 Å². The number of nitrogens with zero attached hydrogens (tertiary/aromatic N) is 1. The number of rotatable bonds is 6. The molecule has 17 heavy (non-hydrogen) atoms. The largest absolute Gasteiger partial charge is 0.484 e. The standard InChI is InChI=1S/C14H21NO2/c1-4-5-10-15(3)14(16)11-17-13-9-7-6-8-12(13)2/h6-9H,4-5,10-11H2,1-3H3. The molecule has 1 aromatic carbocycles. The first-order valence-electron chi connectivity index (χ1n) is 6.07. The van der Waals surface area contributed by atoms with Crippen LogP contribution < -0.4 is 4.74 Å². The second-order valence-electron chi connectivity index (χ2n) is 4.22. The van der Waals surface area contributed by atoms with Crippen LogP contribution in [0.3, 0.4) is 0 Å². The van der Waals surface area contributed by atoms with Gasteiger partial charge >= 0.3 is 0 Å². The Morgan fingerprint density at radius 2 is 2.06 bits per heavy atom. The molecular weight excluding hydrogens is 214 g/mol. The second kappa shape index (κ2) is 6.94. The maximum Gasteiger partial charge on any atom is 0.260 e. The highest BCUT2D eigenvalue weighted by atomic mass is 16.5. The van der Waals surface area contributed by atoms with Crippen molar-refractivity contribution in [3.05, 3.63) is 29.8 Å². The van der Waals surface area contributed by atoms with Gasteiger partial charge < -0.3 is 9.64 Å². The van der Waals surface area contributed by atoms with E-state index in [2.05, 4.69) is 6.92 Å². The maximum atomic E-state index is 11.7. The van der Waals surface area contributed by atoms with E-state index in [1.165, 1.54) is 0 Å². The van der Waals surface area contributed by atoms with Gasteiger partial charge in [0.15, 0.2) is 6.61 Å². The van der Waals surface area contributed by atoms with E-state index in [9.17, 15) is 4.79 Å². The maximum absolute atomic E-state index is 11.7. The Morgan fingerprint density at radius 1 is 1.35 bits per heavy atom. The lowest BCUT2D eigenvalue weighted by Crippen LogP contribution is -2.32. The molecule has 3 nitrogen and oxygen atoms in total. The van der Waals surface area contributed by atoms with Crippen LogP contribution in [-0.4, -0.2) is 31.0 Å². The average molecular weight is 235 g/mol. The van der Waals surface area contributed by atoms with Crippen molar-refractivity contribution in [1.82, 2.24) is 4.90 Å². The van der Waals surface area contributed by atoms with Crippen molar-refractivity contribution in [1.29, 1.82) is 0 Å². The summed E-state index contributed by atoms with van der Waals surface area (Å²) in [4.78, 5) is 13.5. The summed E-state index contributed by atoms with van der Waals surface area (Å²) in [5, 5.41) is 0. The fraction of sp³-hybridized carbons (Fsp3) is 0.500. The summed E-state index contributed by atoms with van der Waals surface area (Å²) >= 11 is 0. The smallest absolute Gasteiger partial charge is 0.260 e. The lowest BCUT2D eigenvalue weighted by atomic mass is 10.2. The van der Waals surface area contributed by atoms with E-state index in [1.54, 1.807) is 4.90 Å². The van der Waals surface area contributed by atoms with E-state index in [4.69, 9.17) is 4.74 Å². The lowest BCUT2D eigenvalue weighted by molar-refractivity contribution is -0.132. The molecule has 3 heteroatoms. The molecular formula is C14H21NO2. The molecule has 0 aliphatic rings. The average Bonchev–Trinajstić information content (AvgIpc) is 2.34. The van der Waals surface area contributed by atoms with Crippen LogP contribution in [0.25, 0.3) is 0 Å². The Bertz CT molecular complexity index is 363. The van der Waals surface area contributed by atoms with Crippen LogP contribution in [0, 0.1) is 6.92 Å². The van der Waals surface area contributed by atoms with E-state index in [0.717, 1.165) is 30.7 Å². The Labute approximate surface area is 103 Å². The Kier molecular flexibility index (Phi) is 5.53. The van der Waals surface area contributed by atoms with Crippen molar-refractivity contribution < 1.29 is 9.53 Å². The number of benzene rings is 1. The highest BCUT2D eigenvalue weighted by molar-refractivity contribution is 5.77. The SMILES string of the molecule is CCCCN(C)C(=O)COc1ccccc1C. The molecule has 0 fully saturated rings. The predicted molar refractivity (Wildman–Crippen MR) is 69.2 cm³/mol. The van der Waals surface area contributed by atoms with Gasteiger partial charge in [-0.25, -0.2) is 0 Å². The van der Waals surface area contributed by atoms with Crippen LogP contribution >= 0.6 is 0 Å². The minimum Gasteiger partial charge on any atom is -0.484 e. The van der Waals surface area contributed by atoms with Crippen molar-refractivity contribution in [2.24, 2.45) is 0 Å². The van der Waals surface area contributed by atoms with Gasteiger partial charge in [-0.15, -0.1) is 0 Å². The molecule has 0 atom stereocenters. The third-order valence-corrected chi connectivity index (χ3v) is 2.72. The number of aryl methyl sites for hydroxylation is 1. The van der Waals surface area contributed by atoms with Crippen LogP contribution in [0.4, 0.5) is 0 Å². The van der Waals surface area contributed by atoms with Gasteiger partial charge in [0, 0.05) is 13.6 Å². The second-order valence-corrected chi connectivity index (χ2v) is 4.22. The molecule has 0 unspecified atom stereocenters. The Balaban J connectivity index is 2.40. The molecule has 0 spiro atoms. The number of carbonyl (C=O) groups excluding carboxylic acids is 1. The summed E-state index contributed by atoms with van der Waals surface area (Å²) in [5.74, 6) is 0.812. The fourth-order valence-corrected chi connectivity index (χ4v) is 1.49. The van der Waals surface area contributed by atoms with Crippen molar-refractivity contribution in [2.45, 2.75) is 26.7 Å². The Hall–Kier alpha value is -1.51. The van der Waals surface area contributed by atoms with E-state index < -0.39 is 0 Å². The van der Waals surface area contributed by atoms with Gasteiger partial charge in [0.1, 0.15) is 5.75 Å². The predicted octanol–water partition coefficient (Wildman–Crippen LogP) is 2.63. The van der Waals surface area contributed by atoms with E-state index in [1.807, 2.05) is 38.2 Å². The van der Waals surface area contributed by atoms with Crippen molar-refractivity contribution in [3.8, 4) is 5.75 Å². The Morgan fingerprint density at radius 3 is 2.71 bits per heavy atom. The molecule has 94 valence electrons. The minimum atomic E-state index is 0.0294. The van der Waals surface area contributed by atoms with Crippen molar-refractivity contribution in [3.63, 3.8) is 0 Å². The molecule has 1 aromatic rings. The van der Waals surface area contributed by atoms with Gasteiger partial charge in [0.2, 0.25) is 0 Å². The summed E-state index contributed by atoms with van der Waals surface area (Å²) < 4.78 is 5.51. The zero-order valence-corrected chi connectivity index (χ0v) is 10.9. The summed E-state index contributed by atoms with van der Waals surface area (Å²) in [6.45, 7) is 5.00. The van der Waals surface area contributed by atoms with Gasteiger partial charge in [-0.1, -0.05) is 31.5 Å². The molecule has 1 amide bonds. The van der Waals surface area contributed by atoms with Crippen LogP contribution in [-0.2, 0) is 4.79 Å². The van der Waals surface area contributed by atoms with Gasteiger partial charge in [-0.3, -0.25) is 4.79 Å². The van der Waals surface area contributed by atoms with Gasteiger partial charge in [0.05, 0.1) is 0 Å². The molecule has 1 rings (SSSR count). The molecule has 0 saturated carbocycles. The normalized spacial score (nSPS) is 10.1. The zero-order chi connectivity index (χ0) is 12.7. The quantitative estimate of drug-likeness (QED) is 0.758. The number of amides is 1. The summed E-state index contributed by atoms with van der Waals surface area (Å²) in [6, 6.07) is 7.72. The molecule has 0 aliphatic heterocycles.